The van der Waals surface area contributed by atoms with Gasteiger partial charge in [0.2, 0.25) is 28.2 Å². The molecule has 5 saturated heterocycles. The van der Waals surface area contributed by atoms with E-state index in [2.05, 4.69) is 252 Å². The highest BCUT2D eigenvalue weighted by Crippen LogP contribution is 2.41. The summed E-state index contributed by atoms with van der Waals surface area (Å²) in [6.07, 6.45) is 26.3. The van der Waals surface area contributed by atoms with Gasteiger partial charge in [0, 0.05) is 106 Å². The number of rotatable bonds is 11. The molecule has 3 aromatic carbocycles. The van der Waals surface area contributed by atoms with E-state index in [0.717, 1.165) is 201 Å². The molecule has 20 rings (SSSR count). The summed E-state index contributed by atoms with van der Waals surface area (Å²) >= 11 is 18.5. The van der Waals surface area contributed by atoms with Crippen molar-refractivity contribution in [2.24, 2.45) is 27.1 Å². The molecule has 0 atom stereocenters. The molecule has 31 heteroatoms. The Balaban J connectivity index is 0.000000113. The van der Waals surface area contributed by atoms with Crippen LogP contribution in [0.3, 0.4) is 0 Å². The van der Waals surface area contributed by atoms with Crippen molar-refractivity contribution in [1.82, 2.24) is 111 Å². The number of fused-ring (bicyclic) bond motifs is 5. The average Bonchev–Trinajstić information content (AvgIpc) is 1.62. The Morgan fingerprint density at radius 1 is 0.352 bits per heavy atom. The number of aromatic nitrogens is 22. The fraction of sp³-hybridized carbons (Fsp3) is 0.418. The van der Waals surface area contributed by atoms with Gasteiger partial charge in [0.05, 0.1) is 75.7 Å². The fourth-order valence-corrected chi connectivity index (χ4v) is 16.7. The number of benzene rings is 3. The molecule has 632 valence electrons. The summed E-state index contributed by atoms with van der Waals surface area (Å²) in [5.74, 6) is 3.88. The zero-order valence-electron chi connectivity index (χ0n) is 71.4. The van der Waals surface area contributed by atoms with Gasteiger partial charge in [-0.1, -0.05) is 176 Å². The summed E-state index contributed by atoms with van der Waals surface area (Å²) in [4.78, 5) is 65.9. The molecule has 17 heterocycles. The van der Waals surface area contributed by atoms with Crippen molar-refractivity contribution in [3.05, 3.63) is 167 Å². The molecule has 122 heavy (non-hydrogen) atoms. The monoisotopic (exact) mass is 1700 g/mol. The Morgan fingerprint density at radius 2 is 0.672 bits per heavy atom. The van der Waals surface area contributed by atoms with Crippen molar-refractivity contribution in [2.45, 2.75) is 154 Å². The Morgan fingerprint density at radius 3 is 1.02 bits per heavy atom. The largest absolute Gasteiger partial charge is 0.355 e. The topological polar surface area (TPSA) is 314 Å². The number of aryl methyl sites for hydroxylation is 2. The van der Waals surface area contributed by atoms with Gasteiger partial charge in [-0.05, 0) is 135 Å². The lowest BCUT2D eigenvalue weighted by Crippen LogP contribution is -2.38. The normalized spacial score (nSPS) is 17.3. The second kappa shape index (κ2) is 35.2. The first kappa shape index (κ1) is 84.1. The highest BCUT2D eigenvalue weighted by atomic mass is 35.5. The molecule has 5 N–H and O–H groups in total. The second-order valence-electron chi connectivity index (χ2n) is 36.3. The number of halogens is 4. The number of anilines is 5. The molecule has 0 spiro atoms. The molecule has 0 bridgehead atoms. The van der Waals surface area contributed by atoms with Crippen molar-refractivity contribution in [1.29, 1.82) is 0 Å². The highest BCUT2D eigenvalue weighted by molar-refractivity contribution is 6.34. The third kappa shape index (κ3) is 18.9. The molecule has 12 aromatic heterocycles. The van der Waals surface area contributed by atoms with E-state index in [9.17, 15) is 4.39 Å². The van der Waals surface area contributed by atoms with E-state index < -0.39 is 5.82 Å². The molecule has 27 nitrogen and oxygen atoms in total. The van der Waals surface area contributed by atoms with Crippen LogP contribution in [0.4, 0.5) is 33.5 Å². The predicted octanol–water partition coefficient (Wildman–Crippen LogP) is 20.1. The van der Waals surface area contributed by atoms with Crippen LogP contribution in [0, 0.1) is 46.7 Å². The van der Waals surface area contributed by atoms with Crippen LogP contribution in [0.25, 0.3) is 112 Å². The number of H-pyrrole nitrogens is 5. The van der Waals surface area contributed by atoms with E-state index in [0.29, 0.717) is 87.8 Å². The van der Waals surface area contributed by atoms with Crippen molar-refractivity contribution < 1.29 is 4.39 Å². The fourth-order valence-electron chi connectivity index (χ4n) is 16.1. The van der Waals surface area contributed by atoms with Crippen molar-refractivity contribution in [3.63, 3.8) is 0 Å². The van der Waals surface area contributed by atoms with Crippen LogP contribution in [-0.4, -0.2) is 176 Å². The molecule has 0 radical (unpaired) electrons. The summed E-state index contributed by atoms with van der Waals surface area (Å²) < 4.78 is 13.7. The van der Waals surface area contributed by atoms with Gasteiger partial charge in [-0.15, -0.1) is 0 Å². The number of hydrogen-bond donors (Lipinski definition) is 5. The summed E-state index contributed by atoms with van der Waals surface area (Å²) in [5, 5.41) is 37.8. The lowest BCUT2D eigenvalue weighted by molar-refractivity contribution is 0.238. The molecule has 0 saturated carbocycles. The van der Waals surface area contributed by atoms with Gasteiger partial charge in [0.15, 0.2) is 5.82 Å². The summed E-state index contributed by atoms with van der Waals surface area (Å²) in [7, 11) is 0. The number of nitrogens with zero attached hydrogens (tertiary/aromatic N) is 22. The molecule has 15 aromatic rings. The van der Waals surface area contributed by atoms with Crippen LogP contribution in [0.1, 0.15) is 151 Å². The Bertz CT molecular complexity index is 6030. The lowest BCUT2D eigenvalue weighted by Gasteiger charge is -2.39. The maximum atomic E-state index is 13.7. The number of nitrogens with one attached hydrogen (secondary N) is 5. The number of hydrogen-bond acceptors (Lipinski definition) is 22. The molecular formula is C91H105Cl3FN27. The van der Waals surface area contributed by atoms with Crippen LogP contribution in [0.5, 0.6) is 0 Å². The van der Waals surface area contributed by atoms with Crippen LogP contribution in [-0.2, 0) is 0 Å². The Hall–Kier alpha value is -11.5. The first-order valence-corrected chi connectivity index (χ1v) is 43.3. The van der Waals surface area contributed by atoms with Crippen LogP contribution >= 0.6 is 34.8 Å². The molecular weight excluding hydrogens is 1600 g/mol. The summed E-state index contributed by atoms with van der Waals surface area (Å²) in [6.45, 7) is 37.4. The van der Waals surface area contributed by atoms with Crippen molar-refractivity contribution in [3.8, 4) is 56.3 Å². The number of pyridine rings is 2. The minimum atomic E-state index is -0.581. The zero-order chi connectivity index (χ0) is 85.2. The minimum absolute atomic E-state index is 0.00955. The summed E-state index contributed by atoms with van der Waals surface area (Å²) in [6, 6.07) is 28.1. The zero-order valence-corrected chi connectivity index (χ0v) is 73.7. The molecule has 0 amide bonds. The van der Waals surface area contributed by atoms with Gasteiger partial charge in [0.25, 0.3) is 0 Å². The molecule has 0 unspecified atom stereocenters. The molecule has 5 fully saturated rings. The second-order valence-corrected chi connectivity index (χ2v) is 37.4. The van der Waals surface area contributed by atoms with Crippen LogP contribution in [0.15, 0.2) is 135 Å². The highest BCUT2D eigenvalue weighted by Gasteiger charge is 2.34. The van der Waals surface area contributed by atoms with Gasteiger partial charge in [-0.25, -0.2) is 59.2 Å². The first-order valence-electron chi connectivity index (χ1n) is 42.2. The lowest BCUT2D eigenvalue weighted by atomic mass is 9.78. The molecule has 0 aliphatic carbocycles. The Labute approximate surface area is 724 Å². The van der Waals surface area contributed by atoms with Crippen molar-refractivity contribution in [2.75, 3.05) is 89.9 Å². The van der Waals surface area contributed by atoms with Gasteiger partial charge >= 0.3 is 0 Å². The van der Waals surface area contributed by atoms with Crippen LogP contribution in [0.2, 0.25) is 15.2 Å². The molecule has 5 aliphatic rings. The number of piperidine rings is 5. The van der Waals surface area contributed by atoms with E-state index in [1.54, 1.807) is 12.4 Å². The third-order valence-corrected chi connectivity index (χ3v) is 26.1. The molecule has 5 aliphatic heterocycles. The van der Waals surface area contributed by atoms with Crippen LogP contribution < -0.4 is 24.5 Å². The van der Waals surface area contributed by atoms with E-state index >= 15 is 0 Å². The summed E-state index contributed by atoms with van der Waals surface area (Å²) in [5.41, 5.74) is 19.6. The van der Waals surface area contributed by atoms with Gasteiger partial charge in [-0.2, -0.15) is 25.5 Å². The van der Waals surface area contributed by atoms with Gasteiger partial charge in [-0.3, -0.25) is 30.5 Å². The van der Waals surface area contributed by atoms with Gasteiger partial charge in [0.1, 0.15) is 61.8 Å². The van der Waals surface area contributed by atoms with Crippen molar-refractivity contribution >= 4 is 120 Å². The Kier molecular flexibility index (Phi) is 24.2. The van der Waals surface area contributed by atoms with E-state index in [-0.39, 0.29) is 5.02 Å². The third-order valence-electron chi connectivity index (χ3n) is 25.1. The standard InChI is InChI=1S/C20H25N5.C19H23N5.C18H20ClN5.C17H18ClFN6.C17H19ClN6/c1-4-20(3)8-10-25(11-9-20)16-13-21-18-17(23-24-19(18)22-16)15-7-5-6-14(2)12-15;1-13-5-4-6-14(11-13)16-17-18(23-22-16)21-15(12-20-17)24-9-7-19(2,3)8-10-24;1-18(2)7-9-24(10-8-18)14-11-20-16-15(22-23-17(16)21-14)12-5-3-4-6-13(12)19;1-17(2)3-5-25(6-4-17)12-9-21-15-14(23-24-16(15)22-12)10-7-20-8-11(19)13(10)18;1-17(2)5-8-24(9-6-17)12-10-20-14-13(22-23-16(14)21-12)11-4-3-7-19-15(11)18/h5-7,12-13H,4,8-11H2,1-3H3,(H,22,23,24);4-6,11-12H,7-10H2,1-3H3,(H,21,22,23);3-6,11H,7-10H2,1-2H3,(H,21,22,23);7-9H,3-6H2,1-2H3,(H,22,23,24);3-4,7,10H,5-6,8-9H2,1-2H3,(H,21,22,23). The van der Waals surface area contributed by atoms with Gasteiger partial charge < -0.3 is 24.5 Å². The first-order chi connectivity index (χ1) is 58.6. The van der Waals surface area contributed by atoms with E-state index in [1.165, 1.54) is 49.4 Å². The van der Waals surface area contributed by atoms with E-state index in [4.69, 9.17) is 49.8 Å². The predicted molar refractivity (Wildman–Crippen MR) is 486 cm³/mol. The quantitative estimate of drug-likeness (QED) is 0.0751. The SMILES string of the molecule is CC1(C)CCN(c2cnc3c(-c4ccccc4Cl)[nH]nc3n2)CC1.CC1(C)CCN(c2cnc3c(-c4cccnc4Cl)[nH]nc3n2)CC1.CC1(C)CCN(c2cnc3c(-c4cncc(F)c4Cl)[nH]nc3n2)CC1.CCC1(C)CCN(c2cnc3c(-c4cccc(C)c4)[nH]nc3n2)CC1.Cc1cccc(-c2[nH]nc3nc(N4CCC(C)(C)CC4)cnc23)c1. The maximum absolute atomic E-state index is 13.7. The maximum Gasteiger partial charge on any atom is 0.202 e. The van der Waals surface area contributed by atoms with E-state index in [1.807, 2.05) is 61.2 Å². The smallest absolute Gasteiger partial charge is 0.202 e. The average molecular weight is 1700 g/mol. The number of aromatic amines is 5. The minimum Gasteiger partial charge on any atom is -0.355 e.